The van der Waals surface area contributed by atoms with Crippen LogP contribution in [0.5, 0.6) is 0 Å². The summed E-state index contributed by atoms with van der Waals surface area (Å²) in [7, 11) is 0. The van der Waals surface area contributed by atoms with Crippen LogP contribution in [-0.4, -0.2) is 31.7 Å². The minimum atomic E-state index is -0.436. The second-order valence-electron chi connectivity index (χ2n) is 5.05. The number of benzene rings is 1. The summed E-state index contributed by atoms with van der Waals surface area (Å²) in [6.07, 6.45) is 0.781. The van der Waals surface area contributed by atoms with E-state index in [0.29, 0.717) is 31.8 Å². The molecule has 2 heterocycles. The van der Waals surface area contributed by atoms with E-state index in [1.165, 1.54) is 0 Å². The van der Waals surface area contributed by atoms with Gasteiger partial charge >= 0.3 is 0 Å². The number of carbonyl (C=O) groups excluding carboxylic acids is 1. The van der Waals surface area contributed by atoms with Crippen LogP contribution in [0.25, 0.3) is 0 Å². The van der Waals surface area contributed by atoms with E-state index in [4.69, 9.17) is 15.7 Å². The van der Waals surface area contributed by atoms with Crippen LogP contribution in [0.3, 0.4) is 0 Å². The van der Waals surface area contributed by atoms with Gasteiger partial charge in [-0.2, -0.15) is 5.26 Å². The summed E-state index contributed by atoms with van der Waals surface area (Å²) in [5, 5.41) is 11.8. The van der Waals surface area contributed by atoms with Gasteiger partial charge in [-0.15, -0.1) is 0 Å². The highest BCUT2D eigenvalue weighted by molar-refractivity contribution is 5.95. The van der Waals surface area contributed by atoms with Crippen molar-refractivity contribution in [3.05, 3.63) is 17.7 Å². The van der Waals surface area contributed by atoms with Crippen molar-refractivity contribution in [1.29, 1.82) is 5.26 Å². The number of nitrogens with one attached hydrogen (secondary N) is 1. The fourth-order valence-corrected chi connectivity index (χ4v) is 2.66. The number of anilines is 3. The Morgan fingerprint density at radius 1 is 1.45 bits per heavy atom. The van der Waals surface area contributed by atoms with Gasteiger partial charge in [-0.3, -0.25) is 4.79 Å². The average molecular weight is 272 g/mol. The minimum Gasteiger partial charge on any atom is -0.397 e. The molecule has 104 valence electrons. The van der Waals surface area contributed by atoms with Crippen LogP contribution in [0.4, 0.5) is 17.1 Å². The number of nitrogen functional groups attached to an aromatic ring is 1. The van der Waals surface area contributed by atoms with Crippen LogP contribution >= 0.6 is 0 Å². The van der Waals surface area contributed by atoms with Gasteiger partial charge in [0.1, 0.15) is 0 Å². The van der Waals surface area contributed by atoms with Gasteiger partial charge in [0, 0.05) is 18.7 Å². The first-order chi connectivity index (χ1) is 9.67. The molecule has 2 aliphatic heterocycles. The predicted octanol–water partition coefficient (Wildman–Crippen LogP) is 0.882. The minimum absolute atomic E-state index is 0.0325. The number of nitrogens with zero attached hydrogens (tertiary/aromatic N) is 2. The normalized spacial score (nSPS) is 21.9. The van der Waals surface area contributed by atoms with Gasteiger partial charge in [-0.25, -0.2) is 0 Å². The summed E-state index contributed by atoms with van der Waals surface area (Å²) in [5.74, 6) is 0.0325. The highest BCUT2D eigenvalue weighted by atomic mass is 16.5. The van der Waals surface area contributed by atoms with Crippen molar-refractivity contribution >= 4 is 23.0 Å². The second kappa shape index (κ2) is 5.02. The zero-order valence-electron chi connectivity index (χ0n) is 11.1. The molecule has 0 saturated carbocycles. The number of rotatable bonds is 1. The van der Waals surface area contributed by atoms with Gasteiger partial charge in [-0.05, 0) is 24.1 Å². The van der Waals surface area contributed by atoms with E-state index in [0.717, 1.165) is 23.4 Å². The molecule has 1 atom stereocenters. The van der Waals surface area contributed by atoms with E-state index in [2.05, 4.69) is 11.4 Å². The fourth-order valence-electron chi connectivity index (χ4n) is 2.66. The molecule has 1 unspecified atom stereocenters. The molecule has 0 aliphatic carbocycles. The first kappa shape index (κ1) is 12.8. The van der Waals surface area contributed by atoms with Crippen LogP contribution in [0.1, 0.15) is 12.0 Å². The molecule has 3 N–H and O–H groups in total. The zero-order valence-corrected chi connectivity index (χ0v) is 11.1. The number of aryl methyl sites for hydroxylation is 1. The molecular formula is C14H16N4O2. The van der Waals surface area contributed by atoms with E-state index in [1.807, 2.05) is 17.0 Å². The van der Waals surface area contributed by atoms with Crippen molar-refractivity contribution in [3.63, 3.8) is 0 Å². The van der Waals surface area contributed by atoms with Gasteiger partial charge in [0.05, 0.1) is 30.6 Å². The first-order valence-electron chi connectivity index (χ1n) is 6.66. The Hall–Kier alpha value is -2.26. The number of nitriles is 1. The van der Waals surface area contributed by atoms with Crippen molar-refractivity contribution < 1.29 is 9.53 Å². The largest absolute Gasteiger partial charge is 0.397 e. The summed E-state index contributed by atoms with van der Waals surface area (Å²) in [5.41, 5.74) is 9.54. The van der Waals surface area contributed by atoms with Gasteiger partial charge in [-0.1, -0.05) is 0 Å². The SMILES string of the molecule is N#CC1CN(c2cc3c(cc2N)CCC(=O)N3)CCO1. The third-order valence-corrected chi connectivity index (χ3v) is 3.70. The van der Waals surface area contributed by atoms with Crippen molar-refractivity contribution in [2.45, 2.75) is 18.9 Å². The lowest BCUT2D eigenvalue weighted by Gasteiger charge is -2.33. The molecule has 1 fully saturated rings. The zero-order chi connectivity index (χ0) is 14.1. The number of nitrogens with two attached hydrogens (primary N) is 1. The van der Waals surface area contributed by atoms with Gasteiger partial charge in [0.15, 0.2) is 6.10 Å². The second-order valence-corrected chi connectivity index (χ2v) is 5.05. The Morgan fingerprint density at radius 2 is 2.30 bits per heavy atom. The molecule has 0 bridgehead atoms. The number of hydrogen-bond acceptors (Lipinski definition) is 5. The van der Waals surface area contributed by atoms with E-state index in [1.54, 1.807) is 0 Å². The molecule has 3 rings (SSSR count). The summed E-state index contributed by atoms with van der Waals surface area (Å²) in [6, 6.07) is 5.94. The maximum Gasteiger partial charge on any atom is 0.224 e. The number of carbonyl (C=O) groups is 1. The van der Waals surface area contributed by atoms with Crippen molar-refractivity contribution in [1.82, 2.24) is 0 Å². The van der Waals surface area contributed by atoms with E-state index in [9.17, 15) is 4.79 Å². The van der Waals surface area contributed by atoms with Crippen LogP contribution in [-0.2, 0) is 16.0 Å². The molecule has 2 aliphatic rings. The Morgan fingerprint density at radius 3 is 3.10 bits per heavy atom. The molecule has 0 spiro atoms. The number of hydrogen-bond donors (Lipinski definition) is 2. The molecule has 1 aromatic carbocycles. The van der Waals surface area contributed by atoms with Gasteiger partial charge in [0.25, 0.3) is 0 Å². The number of ether oxygens (including phenoxy) is 1. The molecule has 6 heteroatoms. The Kier molecular flexibility index (Phi) is 3.20. The summed E-state index contributed by atoms with van der Waals surface area (Å²) < 4.78 is 5.34. The molecule has 20 heavy (non-hydrogen) atoms. The van der Waals surface area contributed by atoms with Crippen LogP contribution in [0, 0.1) is 11.3 Å². The highest BCUT2D eigenvalue weighted by Crippen LogP contribution is 2.34. The molecular weight excluding hydrogens is 256 g/mol. The van der Waals surface area contributed by atoms with Crippen molar-refractivity contribution in [2.24, 2.45) is 0 Å². The van der Waals surface area contributed by atoms with E-state index in [-0.39, 0.29) is 5.91 Å². The van der Waals surface area contributed by atoms with Crippen molar-refractivity contribution in [3.8, 4) is 6.07 Å². The first-order valence-corrected chi connectivity index (χ1v) is 6.66. The molecule has 1 aromatic rings. The Balaban J connectivity index is 1.91. The number of amides is 1. The lowest BCUT2D eigenvalue weighted by atomic mass is 10.0. The summed E-state index contributed by atoms with van der Waals surface area (Å²) in [6.45, 7) is 1.68. The fraction of sp³-hybridized carbons (Fsp3) is 0.429. The summed E-state index contributed by atoms with van der Waals surface area (Å²) in [4.78, 5) is 13.5. The lowest BCUT2D eigenvalue weighted by molar-refractivity contribution is -0.116. The monoisotopic (exact) mass is 272 g/mol. The number of morpholine rings is 1. The van der Waals surface area contributed by atoms with E-state index >= 15 is 0 Å². The third-order valence-electron chi connectivity index (χ3n) is 3.70. The Bertz CT molecular complexity index is 594. The maximum atomic E-state index is 11.5. The maximum absolute atomic E-state index is 11.5. The molecule has 6 nitrogen and oxygen atoms in total. The van der Waals surface area contributed by atoms with Gasteiger partial charge in [0.2, 0.25) is 5.91 Å². The van der Waals surface area contributed by atoms with E-state index < -0.39 is 6.10 Å². The molecule has 1 saturated heterocycles. The standard InChI is InChI=1S/C14H16N4O2/c15-7-10-8-18(3-4-20-10)13-6-12-9(5-11(13)16)1-2-14(19)17-12/h5-6,10H,1-4,8,16H2,(H,17,19). The quantitative estimate of drug-likeness (QED) is 0.741. The highest BCUT2D eigenvalue weighted by Gasteiger charge is 2.24. The molecule has 1 amide bonds. The van der Waals surface area contributed by atoms with Crippen LogP contribution in [0.15, 0.2) is 12.1 Å². The Labute approximate surface area is 117 Å². The summed E-state index contributed by atoms with van der Waals surface area (Å²) >= 11 is 0. The third kappa shape index (κ3) is 2.28. The van der Waals surface area contributed by atoms with Gasteiger partial charge < -0.3 is 20.7 Å². The average Bonchev–Trinajstić information content (AvgIpc) is 2.47. The number of fused-ring (bicyclic) bond motifs is 1. The lowest BCUT2D eigenvalue weighted by Crippen LogP contribution is -2.42. The molecule has 0 aromatic heterocycles. The smallest absolute Gasteiger partial charge is 0.224 e. The topological polar surface area (TPSA) is 91.4 Å². The predicted molar refractivity (Wildman–Crippen MR) is 75.4 cm³/mol. The van der Waals surface area contributed by atoms with Crippen LogP contribution < -0.4 is 16.0 Å². The van der Waals surface area contributed by atoms with Crippen molar-refractivity contribution in [2.75, 3.05) is 35.6 Å². The van der Waals surface area contributed by atoms with Crippen LogP contribution in [0.2, 0.25) is 0 Å². The molecule has 0 radical (unpaired) electrons.